The van der Waals surface area contributed by atoms with Crippen LogP contribution in [-0.2, 0) is 20.2 Å². The molecule has 0 amide bonds. The predicted molar refractivity (Wildman–Crippen MR) is 104 cm³/mol. The maximum absolute atomic E-state index is 12.0. The van der Waals surface area contributed by atoms with Gasteiger partial charge in [0.2, 0.25) is 0 Å². The van der Waals surface area contributed by atoms with Gasteiger partial charge in [-0.15, -0.1) is 0 Å². The molecule has 0 aliphatic rings. The molecule has 0 aliphatic heterocycles. The van der Waals surface area contributed by atoms with Gasteiger partial charge in [-0.1, -0.05) is 58.4 Å². The smallest absolute Gasteiger partial charge is 0.309 e. The van der Waals surface area contributed by atoms with Crippen molar-refractivity contribution < 1.29 is 25.2 Å². The lowest BCUT2D eigenvalue weighted by molar-refractivity contribution is 0.473. The van der Waals surface area contributed by atoms with Crippen LogP contribution in [0, 0.1) is 0 Å². The van der Waals surface area contributed by atoms with Crippen molar-refractivity contribution in [2.24, 2.45) is 0 Å². The van der Waals surface area contributed by atoms with Crippen LogP contribution in [0.3, 0.4) is 0 Å². The van der Waals surface area contributed by atoms with Gasteiger partial charge in [-0.3, -0.25) is 0 Å². The van der Waals surface area contributed by atoms with Crippen LogP contribution in [0.25, 0.3) is 0 Å². The highest BCUT2D eigenvalue weighted by Gasteiger charge is 2.16. The van der Waals surface area contributed by atoms with Gasteiger partial charge in [0.1, 0.15) is 11.5 Å². The van der Waals surface area contributed by atoms with Crippen molar-refractivity contribution >= 4 is 20.2 Å². The Morgan fingerprint density at radius 1 is 0.692 bits per heavy atom. The van der Waals surface area contributed by atoms with E-state index < -0.39 is 20.2 Å². The average molecular weight is 407 g/mol. The van der Waals surface area contributed by atoms with E-state index in [1.165, 1.54) is 24.3 Å². The standard InChI is InChI=1S/C18H30O6S2/c1-3-5-7-9-14-25(19,20)23-17-12-11-13-18(16-17)24-26(21,22)15-10-8-6-4-2/h11-13,16H,3-10,14-15H2,1-2H3. The molecule has 26 heavy (non-hydrogen) atoms. The first kappa shape index (κ1) is 22.8. The molecule has 0 atom stereocenters. The number of hydrogen-bond donors (Lipinski definition) is 0. The van der Waals surface area contributed by atoms with Crippen LogP contribution in [0.5, 0.6) is 11.5 Å². The Labute approximate surface area is 158 Å². The monoisotopic (exact) mass is 406 g/mol. The molecule has 0 fully saturated rings. The average Bonchev–Trinajstić information content (AvgIpc) is 2.55. The maximum atomic E-state index is 12.0. The Bertz CT molecular complexity index is 667. The minimum absolute atomic E-state index is 0.0548. The Kier molecular flexibility index (Phi) is 10.0. The van der Waals surface area contributed by atoms with Crippen LogP contribution in [-0.4, -0.2) is 28.3 Å². The second-order valence-electron chi connectivity index (χ2n) is 6.29. The number of unbranched alkanes of at least 4 members (excludes halogenated alkanes) is 6. The summed E-state index contributed by atoms with van der Waals surface area (Å²) in [5.41, 5.74) is 0. The summed E-state index contributed by atoms with van der Waals surface area (Å²) in [6.45, 7) is 4.10. The Balaban J connectivity index is 2.61. The van der Waals surface area contributed by atoms with Crippen molar-refractivity contribution in [1.82, 2.24) is 0 Å². The minimum Gasteiger partial charge on any atom is -0.382 e. The van der Waals surface area contributed by atoms with Crippen LogP contribution >= 0.6 is 0 Å². The van der Waals surface area contributed by atoms with E-state index in [0.29, 0.717) is 12.8 Å². The molecule has 1 aromatic carbocycles. The lowest BCUT2D eigenvalue weighted by Gasteiger charge is -2.10. The van der Waals surface area contributed by atoms with Crippen molar-refractivity contribution in [2.45, 2.75) is 65.2 Å². The molecule has 8 heteroatoms. The first-order valence-electron chi connectivity index (χ1n) is 9.22. The molecule has 1 aromatic rings. The summed E-state index contributed by atoms with van der Waals surface area (Å²) in [5, 5.41) is 0. The summed E-state index contributed by atoms with van der Waals surface area (Å²) < 4.78 is 58.0. The van der Waals surface area contributed by atoms with Gasteiger partial charge < -0.3 is 8.37 Å². The van der Waals surface area contributed by atoms with Crippen LogP contribution in [0.1, 0.15) is 65.2 Å². The fourth-order valence-electron chi connectivity index (χ4n) is 2.37. The Morgan fingerprint density at radius 2 is 1.12 bits per heavy atom. The van der Waals surface area contributed by atoms with E-state index >= 15 is 0 Å². The molecule has 0 heterocycles. The van der Waals surface area contributed by atoms with Gasteiger partial charge in [0.15, 0.2) is 0 Å². The second-order valence-corrected chi connectivity index (χ2v) is 9.67. The van der Waals surface area contributed by atoms with E-state index in [1.807, 2.05) is 13.8 Å². The van der Waals surface area contributed by atoms with E-state index in [2.05, 4.69) is 0 Å². The van der Waals surface area contributed by atoms with Gasteiger partial charge >= 0.3 is 20.2 Å². The molecule has 6 nitrogen and oxygen atoms in total. The fraction of sp³-hybridized carbons (Fsp3) is 0.667. The van der Waals surface area contributed by atoms with Gasteiger partial charge in [-0.2, -0.15) is 16.8 Å². The van der Waals surface area contributed by atoms with E-state index in [9.17, 15) is 16.8 Å². The van der Waals surface area contributed by atoms with Crippen molar-refractivity contribution in [3.05, 3.63) is 24.3 Å². The van der Waals surface area contributed by atoms with Crippen LogP contribution in [0.2, 0.25) is 0 Å². The molecule has 0 aromatic heterocycles. The van der Waals surface area contributed by atoms with E-state index in [1.54, 1.807) is 0 Å². The molecule has 0 bridgehead atoms. The highest BCUT2D eigenvalue weighted by molar-refractivity contribution is 7.87. The van der Waals surface area contributed by atoms with Gasteiger partial charge in [0.25, 0.3) is 0 Å². The number of hydrogen-bond acceptors (Lipinski definition) is 6. The van der Waals surface area contributed by atoms with Crippen LogP contribution in [0.15, 0.2) is 24.3 Å². The van der Waals surface area contributed by atoms with Crippen LogP contribution in [0.4, 0.5) is 0 Å². The van der Waals surface area contributed by atoms with Gasteiger partial charge in [0.05, 0.1) is 11.5 Å². The highest BCUT2D eigenvalue weighted by Crippen LogP contribution is 2.23. The minimum atomic E-state index is -3.70. The third-order valence-electron chi connectivity index (χ3n) is 3.75. The summed E-state index contributed by atoms with van der Waals surface area (Å²) in [5.74, 6) is -0.0138. The molecule has 0 unspecified atom stereocenters. The van der Waals surface area contributed by atoms with Gasteiger partial charge in [-0.05, 0) is 25.0 Å². The zero-order valence-corrected chi connectivity index (χ0v) is 17.3. The zero-order chi connectivity index (χ0) is 19.5. The Hall–Kier alpha value is -1.28. The van der Waals surface area contributed by atoms with Crippen LogP contribution < -0.4 is 8.37 Å². The molecular formula is C18H30O6S2. The van der Waals surface area contributed by atoms with Crippen molar-refractivity contribution in [2.75, 3.05) is 11.5 Å². The summed E-state index contributed by atoms with van der Waals surface area (Å²) in [6.07, 6.45) is 6.75. The molecular weight excluding hydrogens is 376 g/mol. The maximum Gasteiger partial charge on any atom is 0.309 e. The summed E-state index contributed by atoms with van der Waals surface area (Å²) in [6, 6.07) is 5.71. The predicted octanol–water partition coefficient (Wildman–Crippen LogP) is 4.26. The first-order chi connectivity index (χ1) is 12.3. The van der Waals surface area contributed by atoms with Crippen molar-refractivity contribution in [3.8, 4) is 11.5 Å². The van der Waals surface area contributed by atoms with E-state index in [4.69, 9.17) is 8.37 Å². The quantitative estimate of drug-likeness (QED) is 0.339. The molecule has 0 radical (unpaired) electrons. The largest absolute Gasteiger partial charge is 0.382 e. The molecule has 1 rings (SSSR count). The molecule has 0 saturated heterocycles. The SMILES string of the molecule is CCCCCCS(=O)(=O)Oc1cccc(OS(=O)(=O)CCCCCC)c1. The van der Waals surface area contributed by atoms with Gasteiger partial charge in [0, 0.05) is 6.07 Å². The topological polar surface area (TPSA) is 86.7 Å². The van der Waals surface area contributed by atoms with Crippen molar-refractivity contribution in [3.63, 3.8) is 0 Å². The number of benzene rings is 1. The molecule has 0 saturated carbocycles. The lowest BCUT2D eigenvalue weighted by Crippen LogP contribution is -2.15. The molecule has 0 spiro atoms. The summed E-state index contributed by atoms with van der Waals surface area (Å²) >= 11 is 0. The second kappa shape index (κ2) is 11.4. The van der Waals surface area contributed by atoms with Crippen molar-refractivity contribution in [1.29, 1.82) is 0 Å². The first-order valence-corrected chi connectivity index (χ1v) is 12.4. The van der Waals surface area contributed by atoms with Gasteiger partial charge in [-0.25, -0.2) is 0 Å². The van der Waals surface area contributed by atoms with E-state index in [-0.39, 0.29) is 23.0 Å². The highest BCUT2D eigenvalue weighted by atomic mass is 32.2. The molecule has 0 N–H and O–H groups in total. The zero-order valence-electron chi connectivity index (χ0n) is 15.6. The third-order valence-corrected chi connectivity index (χ3v) is 6.22. The fourth-order valence-corrected chi connectivity index (χ4v) is 4.44. The molecule has 150 valence electrons. The lowest BCUT2D eigenvalue weighted by atomic mass is 10.2. The normalized spacial score (nSPS) is 12.1. The van der Waals surface area contributed by atoms with E-state index in [0.717, 1.165) is 38.5 Å². The molecule has 0 aliphatic carbocycles. The third kappa shape index (κ3) is 10.0. The Morgan fingerprint density at radius 3 is 1.50 bits per heavy atom. The summed E-state index contributed by atoms with van der Waals surface area (Å²) in [4.78, 5) is 0. The summed E-state index contributed by atoms with van der Waals surface area (Å²) in [7, 11) is -7.40. The number of rotatable bonds is 14.